The van der Waals surface area contributed by atoms with E-state index in [0.717, 1.165) is 5.56 Å². The molecular weight excluding hydrogens is 258 g/mol. The van der Waals surface area contributed by atoms with Crippen molar-refractivity contribution < 1.29 is 14.3 Å². The fourth-order valence-electron chi connectivity index (χ4n) is 2.20. The minimum atomic E-state index is -0.744. The van der Waals surface area contributed by atoms with Gasteiger partial charge in [0.05, 0.1) is 19.2 Å². The normalized spacial score (nSPS) is 18.8. The third-order valence-electron chi connectivity index (χ3n) is 3.53. The van der Waals surface area contributed by atoms with Gasteiger partial charge in [0.1, 0.15) is 5.75 Å². The third-order valence-corrected chi connectivity index (χ3v) is 3.53. The van der Waals surface area contributed by atoms with Gasteiger partial charge in [-0.25, -0.2) is 0 Å². The van der Waals surface area contributed by atoms with Crippen molar-refractivity contribution in [3.63, 3.8) is 0 Å². The number of rotatable bonds is 3. The maximum absolute atomic E-state index is 11.9. The van der Waals surface area contributed by atoms with Crippen LogP contribution in [0.2, 0.25) is 0 Å². The van der Waals surface area contributed by atoms with Crippen LogP contribution < -0.4 is 15.8 Å². The van der Waals surface area contributed by atoms with E-state index in [2.05, 4.69) is 5.32 Å². The second kappa shape index (κ2) is 5.13. The molecular formula is C14H19N3O3. The summed E-state index contributed by atoms with van der Waals surface area (Å²) in [6.45, 7) is 4.21. The molecule has 1 fully saturated rings. The molecule has 1 aromatic rings. The first-order chi connectivity index (χ1) is 9.32. The maximum Gasteiger partial charge on any atom is 0.246 e. The molecule has 0 bridgehead atoms. The van der Waals surface area contributed by atoms with E-state index in [4.69, 9.17) is 10.5 Å². The van der Waals surface area contributed by atoms with Crippen molar-refractivity contribution in [1.82, 2.24) is 10.2 Å². The monoisotopic (exact) mass is 277 g/mol. The first-order valence-electron chi connectivity index (χ1n) is 6.35. The van der Waals surface area contributed by atoms with Crippen LogP contribution >= 0.6 is 0 Å². The van der Waals surface area contributed by atoms with Crippen LogP contribution in [0, 0.1) is 0 Å². The van der Waals surface area contributed by atoms with Crippen LogP contribution in [0.5, 0.6) is 5.75 Å². The minimum absolute atomic E-state index is 0.176. The Labute approximate surface area is 117 Å². The van der Waals surface area contributed by atoms with E-state index in [1.165, 1.54) is 0 Å². The molecule has 108 valence electrons. The molecule has 20 heavy (non-hydrogen) atoms. The van der Waals surface area contributed by atoms with Gasteiger partial charge >= 0.3 is 0 Å². The van der Waals surface area contributed by atoms with E-state index in [1.54, 1.807) is 27.0 Å². The number of ether oxygens (including phenoxy) is 1. The molecule has 0 spiro atoms. The summed E-state index contributed by atoms with van der Waals surface area (Å²) in [5.41, 5.74) is 6.56. The Bertz CT molecular complexity index is 555. The molecule has 6 nitrogen and oxygen atoms in total. The summed E-state index contributed by atoms with van der Waals surface area (Å²) in [6, 6.07) is 5.39. The van der Waals surface area contributed by atoms with Gasteiger partial charge < -0.3 is 10.5 Å². The lowest BCUT2D eigenvalue weighted by molar-refractivity contribution is -0.145. The fourth-order valence-corrected chi connectivity index (χ4v) is 2.20. The molecule has 0 atom stereocenters. The number of piperazine rings is 1. The average molecular weight is 277 g/mol. The highest BCUT2D eigenvalue weighted by atomic mass is 16.5. The molecule has 2 amide bonds. The predicted octanol–water partition coefficient (Wildman–Crippen LogP) is 0.514. The summed E-state index contributed by atoms with van der Waals surface area (Å²) >= 11 is 0. The molecule has 0 radical (unpaired) electrons. The van der Waals surface area contributed by atoms with Gasteiger partial charge in [0.15, 0.2) is 0 Å². The molecule has 0 unspecified atom stereocenters. The van der Waals surface area contributed by atoms with Gasteiger partial charge in [-0.05, 0) is 31.5 Å². The van der Waals surface area contributed by atoms with Crippen LogP contribution in [-0.4, -0.2) is 35.9 Å². The Hall–Kier alpha value is -2.08. The van der Waals surface area contributed by atoms with Gasteiger partial charge in [0.25, 0.3) is 0 Å². The second-order valence-corrected chi connectivity index (χ2v) is 5.41. The van der Waals surface area contributed by atoms with Crippen LogP contribution in [-0.2, 0) is 16.1 Å². The Morgan fingerprint density at radius 2 is 2.05 bits per heavy atom. The van der Waals surface area contributed by atoms with Gasteiger partial charge in [0, 0.05) is 18.3 Å². The lowest BCUT2D eigenvalue weighted by Gasteiger charge is -2.40. The van der Waals surface area contributed by atoms with E-state index in [-0.39, 0.29) is 18.4 Å². The number of imide groups is 1. The van der Waals surface area contributed by atoms with Crippen molar-refractivity contribution in [3.8, 4) is 5.75 Å². The number of hydrogen-bond donors (Lipinski definition) is 2. The number of carbonyl (C=O) groups excluding carboxylic acids is 2. The second-order valence-electron chi connectivity index (χ2n) is 5.41. The van der Waals surface area contributed by atoms with Crippen molar-refractivity contribution in [3.05, 3.63) is 23.8 Å². The van der Waals surface area contributed by atoms with E-state index < -0.39 is 5.54 Å². The largest absolute Gasteiger partial charge is 0.497 e. The van der Waals surface area contributed by atoms with Gasteiger partial charge in [-0.1, -0.05) is 0 Å². The summed E-state index contributed by atoms with van der Waals surface area (Å²) < 4.78 is 5.17. The van der Waals surface area contributed by atoms with Crippen LogP contribution in [0.3, 0.4) is 0 Å². The Morgan fingerprint density at radius 3 is 2.70 bits per heavy atom. The topological polar surface area (TPSA) is 84.7 Å². The van der Waals surface area contributed by atoms with Gasteiger partial charge in [-0.3, -0.25) is 19.8 Å². The molecule has 0 aromatic heterocycles. The third kappa shape index (κ3) is 2.75. The molecule has 2 rings (SSSR count). The molecule has 1 aliphatic heterocycles. The molecule has 6 heteroatoms. The molecule has 1 heterocycles. The van der Waals surface area contributed by atoms with Gasteiger partial charge in [-0.15, -0.1) is 0 Å². The quantitative estimate of drug-likeness (QED) is 0.621. The standard InChI is InChI=1S/C14H19N3O3/c1-14(2)13(19)16-12(18)8-17(14)7-9-4-10(15)6-11(5-9)20-3/h4-6H,7-8,15H2,1-3H3,(H,16,18,19). The SMILES string of the molecule is COc1cc(N)cc(CN2CC(=O)NC(=O)C2(C)C)c1. The number of anilines is 1. The Morgan fingerprint density at radius 1 is 1.35 bits per heavy atom. The number of nitrogen functional groups attached to an aromatic ring is 1. The van der Waals surface area contributed by atoms with E-state index in [1.807, 2.05) is 17.0 Å². The van der Waals surface area contributed by atoms with Crippen LogP contribution in [0.4, 0.5) is 5.69 Å². The number of benzene rings is 1. The molecule has 0 aliphatic carbocycles. The fraction of sp³-hybridized carbons (Fsp3) is 0.429. The number of nitrogens with zero attached hydrogens (tertiary/aromatic N) is 1. The predicted molar refractivity (Wildman–Crippen MR) is 75.0 cm³/mol. The number of methoxy groups -OCH3 is 1. The van der Waals surface area contributed by atoms with Crippen molar-refractivity contribution in [2.24, 2.45) is 0 Å². The van der Waals surface area contributed by atoms with Crippen LogP contribution in [0.15, 0.2) is 18.2 Å². The average Bonchev–Trinajstić information content (AvgIpc) is 2.35. The highest BCUT2D eigenvalue weighted by Gasteiger charge is 2.40. The summed E-state index contributed by atoms with van der Waals surface area (Å²) in [6.07, 6.45) is 0. The lowest BCUT2D eigenvalue weighted by atomic mass is 9.97. The lowest BCUT2D eigenvalue weighted by Crippen LogP contribution is -2.63. The number of nitrogens with two attached hydrogens (primary N) is 1. The highest BCUT2D eigenvalue weighted by molar-refractivity contribution is 6.02. The molecule has 0 saturated carbocycles. The van der Waals surface area contributed by atoms with Crippen LogP contribution in [0.1, 0.15) is 19.4 Å². The Balaban J connectivity index is 2.25. The highest BCUT2D eigenvalue weighted by Crippen LogP contribution is 2.24. The molecule has 1 aliphatic rings. The molecule has 1 saturated heterocycles. The number of carbonyl (C=O) groups is 2. The van der Waals surface area contributed by atoms with Crippen molar-refractivity contribution >= 4 is 17.5 Å². The minimum Gasteiger partial charge on any atom is -0.497 e. The maximum atomic E-state index is 11.9. The zero-order valence-electron chi connectivity index (χ0n) is 11.9. The number of nitrogens with one attached hydrogen (secondary N) is 1. The summed E-state index contributed by atoms with van der Waals surface area (Å²) in [5, 5.41) is 2.35. The molecule has 1 aromatic carbocycles. The number of hydrogen-bond acceptors (Lipinski definition) is 5. The summed E-state index contributed by atoms with van der Waals surface area (Å²) in [4.78, 5) is 25.2. The van der Waals surface area contributed by atoms with E-state index in [0.29, 0.717) is 18.0 Å². The van der Waals surface area contributed by atoms with E-state index >= 15 is 0 Å². The summed E-state index contributed by atoms with van der Waals surface area (Å²) in [7, 11) is 1.57. The van der Waals surface area contributed by atoms with E-state index in [9.17, 15) is 9.59 Å². The van der Waals surface area contributed by atoms with Crippen molar-refractivity contribution in [2.45, 2.75) is 25.9 Å². The Kier molecular flexibility index (Phi) is 3.67. The van der Waals surface area contributed by atoms with Crippen molar-refractivity contribution in [2.75, 3.05) is 19.4 Å². The van der Waals surface area contributed by atoms with Crippen LogP contribution in [0.25, 0.3) is 0 Å². The molecule has 3 N–H and O–H groups in total. The summed E-state index contributed by atoms with van der Waals surface area (Å²) in [5.74, 6) is 0.0837. The first kappa shape index (κ1) is 14.3. The van der Waals surface area contributed by atoms with Crippen molar-refractivity contribution in [1.29, 1.82) is 0 Å². The zero-order valence-corrected chi connectivity index (χ0v) is 11.9. The van der Waals surface area contributed by atoms with Gasteiger partial charge in [-0.2, -0.15) is 0 Å². The number of amides is 2. The first-order valence-corrected chi connectivity index (χ1v) is 6.35. The smallest absolute Gasteiger partial charge is 0.246 e. The zero-order chi connectivity index (χ0) is 14.9. The van der Waals surface area contributed by atoms with Gasteiger partial charge in [0.2, 0.25) is 11.8 Å².